The molecule has 0 spiro atoms. The fourth-order valence-corrected chi connectivity index (χ4v) is 4.34. The van der Waals surface area contributed by atoms with Crippen molar-refractivity contribution in [2.24, 2.45) is 0 Å². The van der Waals surface area contributed by atoms with Crippen LogP contribution in [-0.4, -0.2) is 46.5 Å². The number of hydrogen-bond donors (Lipinski definition) is 3. The third-order valence-corrected chi connectivity index (χ3v) is 6.56. The lowest BCUT2D eigenvalue weighted by molar-refractivity contribution is -0.140. The molecule has 2 heterocycles. The Labute approximate surface area is 193 Å². The molecule has 7 nitrogen and oxygen atoms in total. The monoisotopic (exact) mass is 445 g/mol. The molecule has 0 bridgehead atoms. The lowest BCUT2D eigenvalue weighted by atomic mass is 9.83. The van der Waals surface area contributed by atoms with Gasteiger partial charge in [0, 0.05) is 24.2 Å². The molecule has 2 aromatic carbocycles. The van der Waals surface area contributed by atoms with E-state index in [2.05, 4.69) is 22.5 Å². The lowest BCUT2D eigenvalue weighted by Crippen LogP contribution is -2.52. The summed E-state index contributed by atoms with van der Waals surface area (Å²) >= 11 is 0. The zero-order chi connectivity index (χ0) is 23.5. The Balaban J connectivity index is 1.37. The second kappa shape index (κ2) is 9.08. The number of carbonyl (C=O) groups excluding carboxylic acids is 3. The molecule has 0 saturated carbocycles. The molecular formula is C26H27N3O4. The van der Waals surface area contributed by atoms with Crippen molar-refractivity contribution in [1.82, 2.24) is 15.5 Å². The molecule has 0 aliphatic carbocycles. The summed E-state index contributed by atoms with van der Waals surface area (Å²) in [6.07, 6.45) is 1.03. The van der Waals surface area contributed by atoms with Crippen LogP contribution in [0.3, 0.4) is 0 Å². The molecule has 3 N–H and O–H groups in total. The second-order valence-corrected chi connectivity index (χ2v) is 8.63. The molecule has 0 aromatic heterocycles. The average Bonchev–Trinajstić information content (AvgIpc) is 3.11. The topological polar surface area (TPSA) is 98.7 Å². The van der Waals surface area contributed by atoms with E-state index in [9.17, 15) is 19.5 Å². The lowest BCUT2D eigenvalue weighted by Gasteiger charge is -2.39. The maximum Gasteiger partial charge on any atom is 0.322 e. The molecule has 2 aliphatic rings. The largest absolute Gasteiger partial charge is 0.385 e. The van der Waals surface area contributed by atoms with Crippen LogP contribution in [0.4, 0.5) is 4.79 Å². The Bertz CT molecular complexity index is 1110. The van der Waals surface area contributed by atoms with Crippen molar-refractivity contribution in [3.63, 3.8) is 0 Å². The number of urea groups is 1. The highest BCUT2D eigenvalue weighted by molar-refractivity contribution is 6.08. The number of likely N-dealkylation sites (tertiary alicyclic amines) is 1. The molecule has 4 rings (SSSR count). The van der Waals surface area contributed by atoms with E-state index in [0.29, 0.717) is 32.4 Å². The van der Waals surface area contributed by atoms with Gasteiger partial charge in [-0.1, -0.05) is 49.1 Å². The van der Waals surface area contributed by atoms with Crippen LogP contribution >= 0.6 is 0 Å². The molecule has 1 unspecified atom stereocenters. The normalized spacial score (nSPS) is 21.6. The third kappa shape index (κ3) is 4.76. The summed E-state index contributed by atoms with van der Waals surface area (Å²) in [5.41, 5.74) is 0.381. The standard InChI is InChI=1S/C26H27N3O4/c1-2-25(23(31)27-24(32)28-25)18-22(30)29-16-14-26(33,15-17-29)21-12-10-20(11-13-21)9-8-19-6-4-3-5-7-19/h3-7,10-13,33H,2,14-18H2,1H3,(H2,27,28,31,32). The Morgan fingerprint density at radius 3 is 2.15 bits per heavy atom. The van der Waals surface area contributed by atoms with Crippen molar-refractivity contribution in [1.29, 1.82) is 0 Å². The van der Waals surface area contributed by atoms with Gasteiger partial charge in [-0.2, -0.15) is 0 Å². The third-order valence-electron chi connectivity index (χ3n) is 6.56. The summed E-state index contributed by atoms with van der Waals surface area (Å²) in [7, 11) is 0. The van der Waals surface area contributed by atoms with E-state index in [1.807, 2.05) is 54.6 Å². The van der Waals surface area contributed by atoms with Crippen LogP contribution in [0.15, 0.2) is 54.6 Å². The number of benzene rings is 2. The summed E-state index contributed by atoms with van der Waals surface area (Å²) < 4.78 is 0. The Hall–Kier alpha value is -3.63. The zero-order valence-electron chi connectivity index (χ0n) is 18.6. The fourth-order valence-electron chi connectivity index (χ4n) is 4.34. The number of hydrogen-bond acceptors (Lipinski definition) is 4. The van der Waals surface area contributed by atoms with Crippen LogP contribution in [0.2, 0.25) is 0 Å². The van der Waals surface area contributed by atoms with Gasteiger partial charge in [0.1, 0.15) is 5.54 Å². The number of amides is 4. The van der Waals surface area contributed by atoms with Gasteiger partial charge in [-0.05, 0) is 49.1 Å². The van der Waals surface area contributed by atoms with Crippen LogP contribution < -0.4 is 10.6 Å². The van der Waals surface area contributed by atoms with Gasteiger partial charge in [-0.15, -0.1) is 0 Å². The summed E-state index contributed by atoms with van der Waals surface area (Å²) in [4.78, 5) is 38.2. The van der Waals surface area contributed by atoms with Gasteiger partial charge in [0.15, 0.2) is 0 Å². The predicted molar refractivity (Wildman–Crippen MR) is 123 cm³/mol. The van der Waals surface area contributed by atoms with Crippen LogP contribution in [0.25, 0.3) is 0 Å². The minimum atomic E-state index is -1.20. The van der Waals surface area contributed by atoms with E-state index >= 15 is 0 Å². The van der Waals surface area contributed by atoms with Crippen molar-refractivity contribution in [2.45, 2.75) is 43.7 Å². The molecule has 7 heteroatoms. The van der Waals surface area contributed by atoms with Gasteiger partial charge in [0.2, 0.25) is 5.91 Å². The molecule has 1 atom stereocenters. The van der Waals surface area contributed by atoms with Crippen LogP contribution in [0, 0.1) is 11.8 Å². The first-order valence-electron chi connectivity index (χ1n) is 11.1. The minimum absolute atomic E-state index is 0.0890. The van der Waals surface area contributed by atoms with Crippen molar-refractivity contribution < 1.29 is 19.5 Å². The van der Waals surface area contributed by atoms with Crippen molar-refractivity contribution >= 4 is 17.8 Å². The van der Waals surface area contributed by atoms with E-state index in [1.165, 1.54) is 0 Å². The highest BCUT2D eigenvalue weighted by Crippen LogP contribution is 2.33. The maximum atomic E-state index is 12.8. The van der Waals surface area contributed by atoms with E-state index in [-0.39, 0.29) is 12.3 Å². The number of imide groups is 1. The maximum absolute atomic E-state index is 12.8. The van der Waals surface area contributed by atoms with Crippen molar-refractivity contribution in [3.8, 4) is 11.8 Å². The first-order chi connectivity index (χ1) is 15.8. The minimum Gasteiger partial charge on any atom is -0.385 e. The first-order valence-corrected chi connectivity index (χ1v) is 11.1. The summed E-state index contributed by atoms with van der Waals surface area (Å²) in [6.45, 7) is 2.52. The highest BCUT2D eigenvalue weighted by Gasteiger charge is 2.47. The van der Waals surface area contributed by atoms with Gasteiger partial charge < -0.3 is 15.3 Å². The molecule has 2 aromatic rings. The van der Waals surface area contributed by atoms with E-state index < -0.39 is 23.1 Å². The van der Waals surface area contributed by atoms with Gasteiger partial charge >= 0.3 is 6.03 Å². The Kier molecular flexibility index (Phi) is 6.21. The SMILES string of the molecule is CCC1(CC(=O)N2CCC(O)(c3ccc(C#Cc4ccccc4)cc3)CC2)NC(=O)NC1=O. The van der Waals surface area contributed by atoms with Gasteiger partial charge in [0.25, 0.3) is 5.91 Å². The molecule has 2 saturated heterocycles. The second-order valence-electron chi connectivity index (χ2n) is 8.63. The molecule has 0 radical (unpaired) electrons. The van der Waals surface area contributed by atoms with E-state index in [0.717, 1.165) is 16.7 Å². The van der Waals surface area contributed by atoms with Crippen molar-refractivity contribution in [3.05, 3.63) is 71.3 Å². The summed E-state index contributed by atoms with van der Waals surface area (Å²) in [5, 5.41) is 16.0. The fraction of sp³-hybridized carbons (Fsp3) is 0.346. The quantitative estimate of drug-likeness (QED) is 0.497. The molecule has 2 aliphatic heterocycles. The van der Waals surface area contributed by atoms with Crippen LogP contribution in [0.5, 0.6) is 0 Å². The summed E-state index contributed by atoms with van der Waals surface area (Å²) in [5.74, 6) is 5.58. The highest BCUT2D eigenvalue weighted by atomic mass is 16.3. The number of piperidine rings is 1. The molecule has 170 valence electrons. The summed E-state index contributed by atoms with van der Waals surface area (Å²) in [6, 6.07) is 16.7. The number of aliphatic hydroxyl groups is 1. The van der Waals surface area contributed by atoms with Crippen molar-refractivity contribution in [2.75, 3.05) is 13.1 Å². The Morgan fingerprint density at radius 1 is 1.00 bits per heavy atom. The molecule has 2 fully saturated rings. The van der Waals surface area contributed by atoms with E-state index in [1.54, 1.807) is 11.8 Å². The zero-order valence-corrected chi connectivity index (χ0v) is 18.6. The first kappa shape index (κ1) is 22.6. The predicted octanol–water partition coefficient (Wildman–Crippen LogP) is 2.27. The number of nitrogens with one attached hydrogen (secondary N) is 2. The van der Waals surface area contributed by atoms with Crippen LogP contribution in [0.1, 0.15) is 49.3 Å². The number of nitrogens with zero attached hydrogens (tertiary/aromatic N) is 1. The molecule has 33 heavy (non-hydrogen) atoms. The number of rotatable bonds is 4. The van der Waals surface area contributed by atoms with E-state index in [4.69, 9.17) is 0 Å². The molecular weight excluding hydrogens is 418 g/mol. The molecule has 4 amide bonds. The van der Waals surface area contributed by atoms with Gasteiger partial charge in [-0.25, -0.2) is 4.79 Å². The smallest absolute Gasteiger partial charge is 0.322 e. The van der Waals surface area contributed by atoms with Crippen LogP contribution in [-0.2, 0) is 15.2 Å². The average molecular weight is 446 g/mol. The Morgan fingerprint density at radius 2 is 1.61 bits per heavy atom. The van der Waals surface area contributed by atoms with Gasteiger partial charge in [0.05, 0.1) is 12.0 Å². The number of carbonyl (C=O) groups is 3. The van der Waals surface area contributed by atoms with Gasteiger partial charge in [-0.3, -0.25) is 14.9 Å².